The van der Waals surface area contributed by atoms with Gasteiger partial charge in [0.25, 0.3) is 0 Å². The first-order valence-corrected chi connectivity index (χ1v) is 5.49. The summed E-state index contributed by atoms with van der Waals surface area (Å²) in [5, 5.41) is 6.31. The van der Waals surface area contributed by atoms with Gasteiger partial charge < -0.3 is 5.73 Å². The van der Waals surface area contributed by atoms with Crippen molar-refractivity contribution in [2.24, 2.45) is 5.73 Å². The molecule has 15 heavy (non-hydrogen) atoms. The van der Waals surface area contributed by atoms with E-state index in [0.29, 0.717) is 11.6 Å². The fraction of sp³-hybridized carbons (Fsp3) is 0.364. The molecule has 0 aliphatic carbocycles. The Morgan fingerprint density at radius 1 is 1.47 bits per heavy atom. The van der Waals surface area contributed by atoms with Crippen molar-refractivity contribution in [1.29, 1.82) is 0 Å². The molecule has 4 heteroatoms. The summed E-state index contributed by atoms with van der Waals surface area (Å²) in [6, 6.07) is 5.86. The van der Waals surface area contributed by atoms with E-state index in [-0.39, 0.29) is 0 Å². The molecule has 1 aromatic carbocycles. The maximum atomic E-state index is 6.09. The Labute approximate surface area is 93.8 Å². The molecule has 0 aliphatic rings. The van der Waals surface area contributed by atoms with Gasteiger partial charge in [0.15, 0.2) is 0 Å². The largest absolute Gasteiger partial charge is 0.330 e. The lowest BCUT2D eigenvalue weighted by Crippen LogP contribution is -2.09. The van der Waals surface area contributed by atoms with Gasteiger partial charge in [-0.3, -0.25) is 4.68 Å². The second-order valence-electron chi connectivity index (χ2n) is 3.44. The number of benzene rings is 1. The van der Waals surface area contributed by atoms with Gasteiger partial charge in [-0.05, 0) is 19.5 Å². The highest BCUT2D eigenvalue weighted by molar-refractivity contribution is 6.35. The van der Waals surface area contributed by atoms with Crippen molar-refractivity contribution < 1.29 is 0 Å². The molecule has 3 nitrogen and oxygen atoms in total. The van der Waals surface area contributed by atoms with Gasteiger partial charge in [-0.25, -0.2) is 0 Å². The van der Waals surface area contributed by atoms with E-state index in [2.05, 4.69) is 12.0 Å². The number of hydrogen-bond acceptors (Lipinski definition) is 2. The van der Waals surface area contributed by atoms with Crippen molar-refractivity contribution in [2.45, 2.75) is 19.9 Å². The first-order valence-electron chi connectivity index (χ1n) is 5.12. The van der Waals surface area contributed by atoms with Gasteiger partial charge in [0, 0.05) is 24.0 Å². The molecule has 1 heterocycles. The maximum Gasteiger partial charge on any atom is 0.111 e. The van der Waals surface area contributed by atoms with Crippen LogP contribution in [-0.4, -0.2) is 16.3 Å². The van der Waals surface area contributed by atoms with Crippen LogP contribution in [0.15, 0.2) is 18.2 Å². The minimum absolute atomic E-state index is 0.632. The van der Waals surface area contributed by atoms with Gasteiger partial charge in [-0.2, -0.15) is 5.10 Å². The van der Waals surface area contributed by atoms with Crippen molar-refractivity contribution in [3.05, 3.63) is 28.9 Å². The predicted molar refractivity (Wildman–Crippen MR) is 63.2 cm³/mol. The Kier molecular flexibility index (Phi) is 2.93. The van der Waals surface area contributed by atoms with Gasteiger partial charge in [-0.15, -0.1) is 0 Å². The van der Waals surface area contributed by atoms with Crippen LogP contribution in [0.5, 0.6) is 0 Å². The fourth-order valence-corrected chi connectivity index (χ4v) is 2.04. The fourth-order valence-electron chi connectivity index (χ4n) is 1.83. The first-order chi connectivity index (χ1) is 7.27. The van der Waals surface area contributed by atoms with Crippen LogP contribution < -0.4 is 5.73 Å². The Balaban J connectivity index is 2.68. The maximum absolute atomic E-state index is 6.09. The summed E-state index contributed by atoms with van der Waals surface area (Å²) >= 11 is 6.09. The van der Waals surface area contributed by atoms with E-state index in [1.165, 1.54) is 5.69 Å². The summed E-state index contributed by atoms with van der Waals surface area (Å²) in [7, 11) is 0. The zero-order chi connectivity index (χ0) is 10.8. The lowest BCUT2D eigenvalue weighted by atomic mass is 10.1. The quantitative estimate of drug-likeness (QED) is 0.867. The molecule has 2 rings (SSSR count). The Morgan fingerprint density at radius 3 is 2.93 bits per heavy atom. The van der Waals surface area contributed by atoms with Crippen LogP contribution in [-0.2, 0) is 13.0 Å². The molecule has 0 atom stereocenters. The molecule has 1 aromatic heterocycles. The molecular formula is C11H14ClN3. The summed E-state index contributed by atoms with van der Waals surface area (Å²) in [6.07, 6.45) is 0.838. The third-order valence-electron chi connectivity index (χ3n) is 2.51. The minimum Gasteiger partial charge on any atom is -0.330 e. The average molecular weight is 224 g/mol. The second kappa shape index (κ2) is 4.21. The van der Waals surface area contributed by atoms with Gasteiger partial charge in [0.05, 0.1) is 5.02 Å². The highest BCUT2D eigenvalue weighted by Gasteiger charge is 2.11. The summed E-state index contributed by atoms with van der Waals surface area (Å²) in [4.78, 5) is 0. The molecule has 0 aliphatic heterocycles. The van der Waals surface area contributed by atoms with E-state index in [1.807, 2.05) is 22.9 Å². The summed E-state index contributed by atoms with van der Waals surface area (Å²) in [6.45, 7) is 3.55. The van der Waals surface area contributed by atoms with Crippen molar-refractivity contribution in [3.63, 3.8) is 0 Å². The van der Waals surface area contributed by atoms with Crippen molar-refractivity contribution >= 4 is 22.5 Å². The van der Waals surface area contributed by atoms with E-state index in [9.17, 15) is 0 Å². The van der Waals surface area contributed by atoms with Crippen LogP contribution in [0.2, 0.25) is 5.02 Å². The second-order valence-corrected chi connectivity index (χ2v) is 3.84. The van der Waals surface area contributed by atoms with Crippen LogP contribution in [0, 0.1) is 0 Å². The molecule has 0 radical (unpaired) electrons. The number of nitrogens with zero attached hydrogens (tertiary/aromatic N) is 2. The van der Waals surface area contributed by atoms with E-state index >= 15 is 0 Å². The Hall–Kier alpha value is -1.06. The summed E-state index contributed by atoms with van der Waals surface area (Å²) in [5.41, 5.74) is 7.66. The molecule has 80 valence electrons. The minimum atomic E-state index is 0.632. The molecule has 0 amide bonds. The third kappa shape index (κ3) is 1.73. The number of halogens is 1. The van der Waals surface area contributed by atoms with E-state index in [4.69, 9.17) is 17.3 Å². The summed E-state index contributed by atoms with van der Waals surface area (Å²) < 4.78 is 1.98. The predicted octanol–water partition coefficient (Wildman–Crippen LogP) is 2.21. The van der Waals surface area contributed by atoms with Gasteiger partial charge in [0.2, 0.25) is 0 Å². The molecule has 0 spiro atoms. The molecular weight excluding hydrogens is 210 g/mol. The zero-order valence-corrected chi connectivity index (χ0v) is 9.46. The van der Waals surface area contributed by atoms with Crippen LogP contribution >= 0.6 is 11.6 Å². The highest BCUT2D eigenvalue weighted by atomic mass is 35.5. The molecule has 0 fully saturated rings. The average Bonchev–Trinajstić information content (AvgIpc) is 2.59. The van der Waals surface area contributed by atoms with E-state index < -0.39 is 0 Å². The van der Waals surface area contributed by atoms with Crippen molar-refractivity contribution in [2.75, 3.05) is 6.54 Å². The van der Waals surface area contributed by atoms with E-state index in [0.717, 1.165) is 23.9 Å². The molecule has 0 saturated heterocycles. The van der Waals surface area contributed by atoms with Crippen LogP contribution in [0.4, 0.5) is 0 Å². The molecule has 2 aromatic rings. The molecule has 2 N–H and O–H groups in total. The SMILES string of the molecule is CCn1nc2c(Cl)cccc2c1CCN. The smallest absolute Gasteiger partial charge is 0.111 e. The zero-order valence-electron chi connectivity index (χ0n) is 8.70. The van der Waals surface area contributed by atoms with Crippen LogP contribution in [0.1, 0.15) is 12.6 Å². The standard InChI is InChI=1S/C11H14ClN3/c1-2-15-10(6-7-13)8-4-3-5-9(12)11(8)14-15/h3-5H,2,6-7,13H2,1H3. The van der Waals surface area contributed by atoms with Gasteiger partial charge in [-0.1, -0.05) is 23.7 Å². The molecule has 0 unspecified atom stereocenters. The van der Waals surface area contributed by atoms with Gasteiger partial charge in [0.1, 0.15) is 5.52 Å². The Morgan fingerprint density at radius 2 is 2.27 bits per heavy atom. The number of rotatable bonds is 3. The molecule has 0 saturated carbocycles. The third-order valence-corrected chi connectivity index (χ3v) is 2.82. The monoisotopic (exact) mass is 223 g/mol. The van der Waals surface area contributed by atoms with Crippen molar-refractivity contribution in [3.8, 4) is 0 Å². The normalized spacial score (nSPS) is 11.1. The summed E-state index contributed by atoms with van der Waals surface area (Å²) in [5.74, 6) is 0. The topological polar surface area (TPSA) is 43.8 Å². The number of aromatic nitrogens is 2. The number of nitrogens with two attached hydrogens (primary N) is 1. The van der Waals surface area contributed by atoms with E-state index in [1.54, 1.807) is 0 Å². The number of fused-ring (bicyclic) bond motifs is 1. The van der Waals surface area contributed by atoms with Crippen LogP contribution in [0.3, 0.4) is 0 Å². The van der Waals surface area contributed by atoms with Gasteiger partial charge >= 0.3 is 0 Å². The van der Waals surface area contributed by atoms with Crippen LogP contribution in [0.25, 0.3) is 10.9 Å². The van der Waals surface area contributed by atoms with Crippen molar-refractivity contribution in [1.82, 2.24) is 9.78 Å². The Bertz CT molecular complexity index is 476. The number of aryl methyl sites for hydroxylation is 1. The lowest BCUT2D eigenvalue weighted by Gasteiger charge is -2.02. The lowest BCUT2D eigenvalue weighted by molar-refractivity contribution is 0.628. The number of hydrogen-bond donors (Lipinski definition) is 1. The highest BCUT2D eigenvalue weighted by Crippen LogP contribution is 2.25. The first kappa shape index (κ1) is 10.5. The molecule has 0 bridgehead atoms.